The van der Waals surface area contributed by atoms with E-state index in [1.165, 1.54) is 6.42 Å². The number of rotatable bonds is 2. The van der Waals surface area contributed by atoms with Crippen LogP contribution in [0.4, 0.5) is 0 Å². The van der Waals surface area contributed by atoms with E-state index in [0.29, 0.717) is 11.8 Å². The maximum absolute atomic E-state index is 10.7. The Kier molecular flexibility index (Phi) is 4.79. The van der Waals surface area contributed by atoms with Gasteiger partial charge in [-0.15, -0.1) is 0 Å². The van der Waals surface area contributed by atoms with Crippen LogP contribution in [0.1, 0.15) is 87.5 Å². The monoisotopic (exact) mass is 324 g/mol. The molecule has 2 heteroatoms. The second kappa shape index (κ2) is 5.73. The van der Waals surface area contributed by atoms with Gasteiger partial charge in [-0.3, -0.25) is 0 Å². The van der Waals surface area contributed by atoms with Crippen molar-refractivity contribution in [1.29, 1.82) is 0 Å². The summed E-state index contributed by atoms with van der Waals surface area (Å²) >= 11 is 0. The van der Waals surface area contributed by atoms with Gasteiger partial charge < -0.3 is 10.2 Å². The molecule has 0 saturated heterocycles. The predicted octanol–water partition coefficient (Wildman–Crippen LogP) is 5.02. The van der Waals surface area contributed by atoms with E-state index in [2.05, 4.69) is 55.4 Å². The maximum Gasteiger partial charge on any atom is 0.0642 e. The molecule has 0 heterocycles. The topological polar surface area (TPSA) is 40.5 Å². The fraction of sp³-hybridized carbons (Fsp3) is 1.00. The third-order valence-electron chi connectivity index (χ3n) is 6.89. The second-order valence-corrected chi connectivity index (χ2v) is 11.5. The van der Waals surface area contributed by atoms with Crippen molar-refractivity contribution in [2.24, 2.45) is 33.5 Å². The lowest BCUT2D eigenvalue weighted by Crippen LogP contribution is -2.50. The highest BCUT2D eigenvalue weighted by atomic mass is 16.3. The summed E-state index contributed by atoms with van der Waals surface area (Å²) in [5, 5.41) is 21.3. The van der Waals surface area contributed by atoms with Crippen LogP contribution in [-0.4, -0.2) is 22.4 Å². The van der Waals surface area contributed by atoms with Gasteiger partial charge >= 0.3 is 0 Å². The first-order valence-electron chi connectivity index (χ1n) is 9.53. The lowest BCUT2D eigenvalue weighted by Gasteiger charge is -2.53. The third-order valence-corrected chi connectivity index (χ3v) is 6.89. The molecular formula is C21H40O2. The minimum absolute atomic E-state index is 0.00559. The summed E-state index contributed by atoms with van der Waals surface area (Å²) in [6.07, 6.45) is 5.31. The number of aliphatic hydroxyl groups is 2. The molecule has 0 bridgehead atoms. The molecule has 0 aromatic heterocycles. The van der Waals surface area contributed by atoms with E-state index < -0.39 is 0 Å². The molecule has 136 valence electrons. The van der Waals surface area contributed by atoms with E-state index >= 15 is 0 Å². The molecule has 2 saturated carbocycles. The Morgan fingerprint density at radius 1 is 0.565 bits per heavy atom. The van der Waals surface area contributed by atoms with Gasteiger partial charge in [0.25, 0.3) is 0 Å². The summed E-state index contributed by atoms with van der Waals surface area (Å²) in [7, 11) is 0. The van der Waals surface area contributed by atoms with Crippen LogP contribution < -0.4 is 0 Å². The molecule has 23 heavy (non-hydrogen) atoms. The Bertz CT molecular complexity index is 357. The van der Waals surface area contributed by atoms with E-state index in [4.69, 9.17) is 0 Å². The van der Waals surface area contributed by atoms with Gasteiger partial charge in [-0.2, -0.15) is 0 Å². The van der Waals surface area contributed by atoms with Crippen molar-refractivity contribution >= 4 is 0 Å². The Labute approximate surface area is 144 Å². The average molecular weight is 325 g/mol. The van der Waals surface area contributed by atoms with E-state index in [-0.39, 0.29) is 33.9 Å². The van der Waals surface area contributed by atoms with E-state index in [0.717, 1.165) is 25.7 Å². The lowest BCUT2D eigenvalue weighted by molar-refractivity contribution is -0.116. The largest absolute Gasteiger partial charge is 0.392 e. The summed E-state index contributed by atoms with van der Waals surface area (Å²) in [6.45, 7) is 17.8. The smallest absolute Gasteiger partial charge is 0.0642 e. The van der Waals surface area contributed by atoms with Crippen molar-refractivity contribution in [2.45, 2.75) is 99.7 Å². The first-order chi connectivity index (χ1) is 10.2. The first kappa shape index (κ1) is 19.2. The fourth-order valence-electron chi connectivity index (χ4n) is 6.49. The van der Waals surface area contributed by atoms with E-state index in [1.807, 2.05) is 0 Å². The Morgan fingerprint density at radius 2 is 0.783 bits per heavy atom. The first-order valence-corrected chi connectivity index (χ1v) is 9.53. The lowest BCUT2D eigenvalue weighted by atomic mass is 9.55. The van der Waals surface area contributed by atoms with Crippen LogP contribution in [0.2, 0.25) is 0 Å². The predicted molar refractivity (Wildman–Crippen MR) is 97.2 cm³/mol. The minimum atomic E-state index is -0.215. The molecule has 2 N–H and O–H groups in total. The molecule has 2 fully saturated rings. The van der Waals surface area contributed by atoms with Crippen molar-refractivity contribution < 1.29 is 10.2 Å². The quantitative estimate of drug-likeness (QED) is 0.748. The highest BCUT2D eigenvalue weighted by Crippen LogP contribution is 2.54. The van der Waals surface area contributed by atoms with Crippen molar-refractivity contribution in [3.8, 4) is 0 Å². The molecule has 2 aliphatic carbocycles. The van der Waals surface area contributed by atoms with Gasteiger partial charge in [-0.05, 0) is 65.6 Å². The van der Waals surface area contributed by atoms with Crippen LogP contribution in [0.15, 0.2) is 0 Å². The zero-order chi connectivity index (χ0) is 17.8. The molecular weight excluding hydrogens is 284 g/mol. The van der Waals surface area contributed by atoms with Crippen molar-refractivity contribution in [2.75, 3.05) is 0 Å². The standard InChI is InChI=1S/C21H40O2/c1-18(2)10-14(11-19(3,4)16(18)22)9-15-12-20(5,6)17(23)21(7,8)13-15/h14-17,22-23H,9-13H2,1-8H3. The molecule has 2 nitrogen and oxygen atoms in total. The van der Waals surface area contributed by atoms with E-state index in [1.54, 1.807) is 0 Å². The van der Waals surface area contributed by atoms with Gasteiger partial charge in [0, 0.05) is 0 Å². The zero-order valence-electron chi connectivity index (χ0n) is 16.7. The van der Waals surface area contributed by atoms with Gasteiger partial charge in [-0.25, -0.2) is 0 Å². The number of aliphatic hydroxyl groups excluding tert-OH is 2. The average Bonchev–Trinajstić information content (AvgIpc) is 2.31. The molecule has 0 unspecified atom stereocenters. The van der Waals surface area contributed by atoms with Crippen LogP contribution in [0.25, 0.3) is 0 Å². The summed E-state index contributed by atoms with van der Waals surface area (Å²) < 4.78 is 0. The van der Waals surface area contributed by atoms with Crippen LogP contribution in [0.5, 0.6) is 0 Å². The molecule has 0 aliphatic heterocycles. The van der Waals surface area contributed by atoms with Crippen molar-refractivity contribution in [3.05, 3.63) is 0 Å². The second-order valence-electron chi connectivity index (χ2n) is 11.5. The molecule has 2 aliphatic rings. The highest BCUT2D eigenvalue weighted by Gasteiger charge is 2.50. The van der Waals surface area contributed by atoms with Crippen LogP contribution in [0, 0.1) is 33.5 Å². The summed E-state index contributed by atoms with van der Waals surface area (Å²) in [6, 6.07) is 0. The molecule has 0 aromatic carbocycles. The Balaban J connectivity index is 2.10. The van der Waals surface area contributed by atoms with Gasteiger partial charge in [-0.1, -0.05) is 55.4 Å². The Morgan fingerprint density at radius 3 is 1.00 bits per heavy atom. The molecule has 0 spiro atoms. The molecule has 2 rings (SSSR count). The van der Waals surface area contributed by atoms with Crippen LogP contribution in [-0.2, 0) is 0 Å². The van der Waals surface area contributed by atoms with Crippen LogP contribution >= 0.6 is 0 Å². The minimum Gasteiger partial charge on any atom is -0.392 e. The molecule has 0 atom stereocenters. The number of hydrogen-bond acceptors (Lipinski definition) is 2. The number of hydrogen-bond donors (Lipinski definition) is 2. The summed E-state index contributed by atoms with van der Waals surface area (Å²) in [4.78, 5) is 0. The Hall–Kier alpha value is -0.0800. The molecule has 0 amide bonds. The van der Waals surface area contributed by atoms with Gasteiger partial charge in [0.1, 0.15) is 0 Å². The van der Waals surface area contributed by atoms with Crippen molar-refractivity contribution in [3.63, 3.8) is 0 Å². The summed E-state index contributed by atoms with van der Waals surface area (Å²) in [5.74, 6) is 1.38. The highest BCUT2D eigenvalue weighted by molar-refractivity contribution is 5.00. The van der Waals surface area contributed by atoms with Crippen LogP contribution in [0.3, 0.4) is 0 Å². The molecule has 0 radical (unpaired) electrons. The van der Waals surface area contributed by atoms with Crippen molar-refractivity contribution in [1.82, 2.24) is 0 Å². The fourth-order valence-corrected chi connectivity index (χ4v) is 6.49. The molecule has 0 aromatic rings. The SMILES string of the molecule is CC1(C)CC(CC2CC(C)(C)C(O)C(C)(C)C2)CC(C)(C)C1O. The van der Waals surface area contributed by atoms with Gasteiger partial charge in [0.05, 0.1) is 12.2 Å². The third kappa shape index (κ3) is 3.79. The van der Waals surface area contributed by atoms with E-state index in [9.17, 15) is 10.2 Å². The van der Waals surface area contributed by atoms with Gasteiger partial charge in [0.2, 0.25) is 0 Å². The van der Waals surface area contributed by atoms with Gasteiger partial charge in [0.15, 0.2) is 0 Å². The summed E-state index contributed by atoms with van der Waals surface area (Å²) in [5.41, 5.74) is 0.0224. The zero-order valence-corrected chi connectivity index (χ0v) is 16.7. The normalized spacial score (nSPS) is 41.5. The maximum atomic E-state index is 10.7.